The molecule has 0 spiro atoms. The highest BCUT2D eigenvalue weighted by Crippen LogP contribution is 2.18. The maximum atomic E-state index is 13.4. The summed E-state index contributed by atoms with van der Waals surface area (Å²) in [5.74, 6) is -0.971. The minimum absolute atomic E-state index is 0.0525. The van der Waals surface area contributed by atoms with Crippen molar-refractivity contribution in [3.05, 3.63) is 29.3 Å². The lowest BCUT2D eigenvalue weighted by Gasteiger charge is -2.11. The van der Waals surface area contributed by atoms with Crippen molar-refractivity contribution >= 4 is 23.0 Å². The van der Waals surface area contributed by atoms with Crippen molar-refractivity contribution < 1.29 is 8.78 Å². The van der Waals surface area contributed by atoms with Gasteiger partial charge in [0.05, 0.1) is 5.69 Å². The minimum Gasteiger partial charge on any atom is -0.362 e. The summed E-state index contributed by atoms with van der Waals surface area (Å²) in [6.07, 6.45) is 0.909. The quantitative estimate of drug-likeness (QED) is 0.799. The summed E-state index contributed by atoms with van der Waals surface area (Å²) in [5, 5.41) is 5.79. The Kier molecular flexibility index (Phi) is 4.61. The number of nitrogens with one attached hydrogen (secondary N) is 2. The summed E-state index contributed by atoms with van der Waals surface area (Å²) in [4.78, 5) is 0. The summed E-state index contributed by atoms with van der Waals surface area (Å²) in [6.45, 7) is 4.19. The largest absolute Gasteiger partial charge is 0.362 e. The molecule has 1 aromatic rings. The van der Waals surface area contributed by atoms with Crippen LogP contribution in [0.25, 0.3) is 0 Å². The van der Waals surface area contributed by atoms with E-state index in [1.165, 1.54) is 6.92 Å². The molecule has 1 rings (SSSR count). The van der Waals surface area contributed by atoms with E-state index >= 15 is 0 Å². The van der Waals surface area contributed by atoms with E-state index < -0.39 is 11.6 Å². The Hall–Kier alpha value is -1.23. The van der Waals surface area contributed by atoms with E-state index in [0.717, 1.165) is 18.6 Å². The average molecular weight is 244 g/mol. The van der Waals surface area contributed by atoms with Gasteiger partial charge >= 0.3 is 0 Å². The number of benzene rings is 1. The van der Waals surface area contributed by atoms with Gasteiger partial charge in [-0.25, -0.2) is 8.78 Å². The molecule has 0 aliphatic rings. The maximum absolute atomic E-state index is 13.4. The smallest absolute Gasteiger partial charge is 0.170 e. The normalized spacial score (nSPS) is 10.0. The third-order valence-electron chi connectivity index (χ3n) is 2.03. The van der Waals surface area contributed by atoms with Crippen molar-refractivity contribution in [3.63, 3.8) is 0 Å². The number of halogens is 2. The Labute approximate surface area is 99.0 Å². The molecule has 0 bridgehead atoms. The summed E-state index contributed by atoms with van der Waals surface area (Å²) in [5.41, 5.74) is 0.326. The van der Waals surface area contributed by atoms with Gasteiger partial charge in [-0.2, -0.15) is 0 Å². The first-order valence-electron chi connectivity index (χ1n) is 5.05. The summed E-state index contributed by atoms with van der Waals surface area (Å²) in [7, 11) is 0. The lowest BCUT2D eigenvalue weighted by atomic mass is 10.2. The Morgan fingerprint density at radius 1 is 1.31 bits per heavy atom. The fraction of sp³-hybridized carbons (Fsp3) is 0.364. The number of hydrogen-bond acceptors (Lipinski definition) is 1. The second-order valence-electron chi connectivity index (χ2n) is 3.46. The van der Waals surface area contributed by atoms with Gasteiger partial charge in [0.2, 0.25) is 0 Å². The van der Waals surface area contributed by atoms with Crippen molar-refractivity contribution in [2.75, 3.05) is 11.9 Å². The van der Waals surface area contributed by atoms with Crippen LogP contribution in [0.3, 0.4) is 0 Å². The van der Waals surface area contributed by atoms with Crippen LogP contribution >= 0.6 is 12.2 Å². The monoisotopic (exact) mass is 244 g/mol. The van der Waals surface area contributed by atoms with E-state index in [2.05, 4.69) is 10.6 Å². The highest BCUT2D eigenvalue weighted by Gasteiger charge is 2.08. The van der Waals surface area contributed by atoms with Gasteiger partial charge in [0, 0.05) is 12.6 Å². The van der Waals surface area contributed by atoms with Crippen molar-refractivity contribution in [1.29, 1.82) is 0 Å². The molecule has 16 heavy (non-hydrogen) atoms. The minimum atomic E-state index is -0.514. The Balaban J connectivity index is 2.73. The topological polar surface area (TPSA) is 24.1 Å². The van der Waals surface area contributed by atoms with Crippen LogP contribution in [0.4, 0.5) is 14.5 Å². The third-order valence-corrected chi connectivity index (χ3v) is 2.28. The van der Waals surface area contributed by atoms with E-state index in [1.54, 1.807) is 0 Å². The van der Waals surface area contributed by atoms with Gasteiger partial charge in [0.25, 0.3) is 0 Å². The molecule has 2 N–H and O–H groups in total. The molecule has 0 aromatic heterocycles. The zero-order chi connectivity index (χ0) is 12.1. The first kappa shape index (κ1) is 12.8. The molecule has 0 saturated carbocycles. The first-order valence-corrected chi connectivity index (χ1v) is 5.46. The summed E-state index contributed by atoms with van der Waals surface area (Å²) < 4.78 is 26.6. The summed E-state index contributed by atoms with van der Waals surface area (Å²) >= 11 is 4.93. The third kappa shape index (κ3) is 3.41. The molecule has 0 fully saturated rings. The van der Waals surface area contributed by atoms with Gasteiger partial charge in [-0.3, -0.25) is 0 Å². The van der Waals surface area contributed by atoms with Gasteiger partial charge in [-0.15, -0.1) is 0 Å². The Morgan fingerprint density at radius 3 is 2.62 bits per heavy atom. The fourth-order valence-corrected chi connectivity index (χ4v) is 1.36. The molecule has 5 heteroatoms. The molecular weight excluding hydrogens is 230 g/mol. The van der Waals surface area contributed by atoms with Crippen molar-refractivity contribution in [1.82, 2.24) is 5.32 Å². The molecule has 0 atom stereocenters. The van der Waals surface area contributed by atoms with Crippen LogP contribution in [-0.4, -0.2) is 11.7 Å². The van der Waals surface area contributed by atoms with Crippen LogP contribution in [-0.2, 0) is 0 Å². The van der Waals surface area contributed by atoms with Crippen LogP contribution in [0.1, 0.15) is 18.9 Å². The van der Waals surface area contributed by atoms with E-state index in [9.17, 15) is 8.78 Å². The Morgan fingerprint density at radius 2 is 2.00 bits per heavy atom. The maximum Gasteiger partial charge on any atom is 0.170 e. The fourth-order valence-electron chi connectivity index (χ4n) is 1.15. The highest BCUT2D eigenvalue weighted by atomic mass is 32.1. The van der Waals surface area contributed by atoms with Crippen molar-refractivity contribution in [3.8, 4) is 0 Å². The number of aryl methyl sites for hydroxylation is 1. The van der Waals surface area contributed by atoms with Gasteiger partial charge in [0.1, 0.15) is 11.6 Å². The zero-order valence-corrected chi connectivity index (χ0v) is 10.0. The van der Waals surface area contributed by atoms with Gasteiger partial charge < -0.3 is 10.6 Å². The molecule has 0 unspecified atom stereocenters. The molecule has 0 aliphatic carbocycles. The van der Waals surface area contributed by atoms with Crippen molar-refractivity contribution in [2.45, 2.75) is 20.3 Å². The number of thiocarbonyl (C=S) groups is 1. The second-order valence-corrected chi connectivity index (χ2v) is 3.87. The second kappa shape index (κ2) is 5.75. The molecule has 0 aliphatic heterocycles. The van der Waals surface area contributed by atoms with Gasteiger partial charge in [0.15, 0.2) is 5.11 Å². The number of hydrogen-bond donors (Lipinski definition) is 2. The lowest BCUT2D eigenvalue weighted by molar-refractivity contribution is 0.596. The average Bonchev–Trinajstić information content (AvgIpc) is 2.23. The van der Waals surface area contributed by atoms with E-state index in [-0.39, 0.29) is 11.3 Å². The molecule has 88 valence electrons. The van der Waals surface area contributed by atoms with E-state index in [4.69, 9.17) is 12.2 Å². The van der Waals surface area contributed by atoms with Gasteiger partial charge in [-0.05, 0) is 37.2 Å². The number of rotatable bonds is 3. The summed E-state index contributed by atoms with van der Waals surface area (Å²) in [6, 6.07) is 2.24. The first-order chi connectivity index (χ1) is 7.54. The van der Waals surface area contributed by atoms with Crippen LogP contribution in [0.2, 0.25) is 0 Å². The van der Waals surface area contributed by atoms with Crippen LogP contribution in [0, 0.1) is 18.6 Å². The molecule has 2 nitrogen and oxygen atoms in total. The SMILES string of the molecule is CCCNC(=S)Nc1cc(F)c(C)cc1F. The van der Waals surface area contributed by atoms with E-state index in [1.807, 2.05) is 6.92 Å². The molecular formula is C11H14F2N2S. The van der Waals surface area contributed by atoms with Gasteiger partial charge in [-0.1, -0.05) is 6.92 Å². The van der Waals surface area contributed by atoms with Crippen molar-refractivity contribution in [2.24, 2.45) is 0 Å². The lowest BCUT2D eigenvalue weighted by Crippen LogP contribution is -2.29. The van der Waals surface area contributed by atoms with Crippen LogP contribution in [0.15, 0.2) is 12.1 Å². The predicted octanol–water partition coefficient (Wildman–Crippen LogP) is 2.97. The van der Waals surface area contributed by atoms with Crippen LogP contribution in [0.5, 0.6) is 0 Å². The molecule has 1 aromatic carbocycles. The molecule has 0 radical (unpaired) electrons. The van der Waals surface area contributed by atoms with E-state index in [0.29, 0.717) is 11.7 Å². The molecule has 0 amide bonds. The standard InChI is InChI=1S/C11H14F2N2S/c1-3-4-14-11(16)15-10-6-8(12)7(2)5-9(10)13/h5-6H,3-4H2,1-2H3,(H2,14,15,16). The predicted molar refractivity (Wildman–Crippen MR) is 65.6 cm³/mol. The zero-order valence-electron chi connectivity index (χ0n) is 9.23. The Bertz CT molecular complexity index is 394. The highest BCUT2D eigenvalue weighted by molar-refractivity contribution is 7.80. The number of anilines is 1. The molecule has 0 saturated heterocycles. The van der Waals surface area contributed by atoms with Crippen LogP contribution < -0.4 is 10.6 Å². The molecule has 0 heterocycles.